The highest BCUT2D eigenvalue weighted by Gasteiger charge is 2.09. The van der Waals surface area contributed by atoms with Gasteiger partial charge in [-0.05, 0) is 45.0 Å². The molecule has 0 saturated carbocycles. The van der Waals surface area contributed by atoms with Gasteiger partial charge >= 0.3 is 0 Å². The summed E-state index contributed by atoms with van der Waals surface area (Å²) in [4.78, 5) is 5.32. The van der Waals surface area contributed by atoms with Crippen molar-refractivity contribution in [2.45, 2.75) is 26.3 Å². The van der Waals surface area contributed by atoms with Crippen molar-refractivity contribution in [3.63, 3.8) is 0 Å². The number of rotatable bonds is 2. The molecule has 0 bridgehead atoms. The Morgan fingerprint density at radius 3 is 2.15 bits per heavy atom. The molecule has 3 heteroatoms. The maximum Gasteiger partial charge on any atom is 0.147 e. The molecule has 0 saturated heterocycles. The van der Waals surface area contributed by atoms with Gasteiger partial charge in [-0.1, -0.05) is 0 Å². The summed E-state index contributed by atoms with van der Waals surface area (Å²) in [6.07, 6.45) is 0. The second-order valence-electron chi connectivity index (χ2n) is 4.02. The molecule has 1 aromatic carbocycles. The van der Waals surface area contributed by atoms with Gasteiger partial charge in [-0.25, -0.2) is 0 Å². The van der Waals surface area contributed by atoms with Gasteiger partial charge in [-0.15, -0.1) is 0 Å². The van der Waals surface area contributed by atoms with E-state index in [1.807, 2.05) is 32.9 Å². The predicted molar refractivity (Wildman–Crippen MR) is 54.4 cm³/mol. The first-order valence-electron chi connectivity index (χ1n) is 4.27. The van der Waals surface area contributed by atoms with Gasteiger partial charge in [0.15, 0.2) is 0 Å². The Balaban J connectivity index is 2.51. The summed E-state index contributed by atoms with van der Waals surface area (Å²) in [7, 11) is 0. The maximum atomic E-state index is 5.53. The lowest BCUT2D eigenvalue weighted by Gasteiger charge is -2.20. The van der Waals surface area contributed by atoms with Gasteiger partial charge in [0.1, 0.15) is 5.75 Å². The normalized spacial score (nSPS) is 11.3. The van der Waals surface area contributed by atoms with Crippen LogP contribution in [0, 0.1) is 0 Å². The lowest BCUT2D eigenvalue weighted by atomic mass is 10.1. The minimum Gasteiger partial charge on any atom is -0.408 e. The molecule has 0 fully saturated rings. The van der Waals surface area contributed by atoms with Crippen LogP contribution in [0.1, 0.15) is 20.8 Å². The van der Waals surface area contributed by atoms with Crippen molar-refractivity contribution in [1.82, 2.24) is 5.48 Å². The molecule has 0 radical (unpaired) electrons. The van der Waals surface area contributed by atoms with E-state index in [1.165, 1.54) is 0 Å². The standard InChI is InChI=1S/C10H16N2O/c1-10(2,3)12-13-9-6-4-8(11)5-7-9/h4-7,12H,11H2,1-3H3. The number of nitrogen functional groups attached to an aromatic ring is 1. The number of hydrogen-bond acceptors (Lipinski definition) is 3. The highest BCUT2D eigenvalue weighted by atomic mass is 16.6. The molecule has 13 heavy (non-hydrogen) atoms. The fourth-order valence-electron chi connectivity index (χ4n) is 0.748. The van der Waals surface area contributed by atoms with Crippen molar-refractivity contribution in [2.75, 3.05) is 5.73 Å². The van der Waals surface area contributed by atoms with Gasteiger partial charge in [0, 0.05) is 11.2 Å². The van der Waals surface area contributed by atoms with Gasteiger partial charge in [-0.2, -0.15) is 5.48 Å². The first-order chi connectivity index (χ1) is 5.97. The second kappa shape index (κ2) is 3.66. The summed E-state index contributed by atoms with van der Waals surface area (Å²) in [6.45, 7) is 6.10. The summed E-state index contributed by atoms with van der Waals surface area (Å²) in [6, 6.07) is 7.27. The average Bonchev–Trinajstić information content (AvgIpc) is 2.02. The molecule has 0 aliphatic heterocycles. The van der Waals surface area contributed by atoms with Crippen LogP contribution in [-0.2, 0) is 0 Å². The van der Waals surface area contributed by atoms with Crippen LogP contribution >= 0.6 is 0 Å². The van der Waals surface area contributed by atoms with Crippen molar-refractivity contribution >= 4 is 5.69 Å². The highest BCUT2D eigenvalue weighted by Crippen LogP contribution is 2.13. The van der Waals surface area contributed by atoms with E-state index >= 15 is 0 Å². The molecule has 3 N–H and O–H groups in total. The van der Waals surface area contributed by atoms with E-state index in [0.717, 1.165) is 11.4 Å². The first-order valence-corrected chi connectivity index (χ1v) is 4.27. The number of hydrogen-bond donors (Lipinski definition) is 2. The zero-order valence-corrected chi connectivity index (χ0v) is 8.29. The molecular weight excluding hydrogens is 164 g/mol. The topological polar surface area (TPSA) is 47.3 Å². The monoisotopic (exact) mass is 180 g/mol. The van der Waals surface area contributed by atoms with Crippen LogP contribution in [0.5, 0.6) is 5.75 Å². The zero-order chi connectivity index (χ0) is 9.90. The van der Waals surface area contributed by atoms with Gasteiger partial charge < -0.3 is 10.6 Å². The van der Waals surface area contributed by atoms with E-state index in [9.17, 15) is 0 Å². The molecule has 0 aliphatic rings. The SMILES string of the molecule is CC(C)(C)NOc1ccc(N)cc1. The van der Waals surface area contributed by atoms with E-state index in [2.05, 4.69) is 5.48 Å². The lowest BCUT2D eigenvalue weighted by molar-refractivity contribution is 0.119. The van der Waals surface area contributed by atoms with Gasteiger partial charge in [0.25, 0.3) is 0 Å². The van der Waals surface area contributed by atoms with Crippen molar-refractivity contribution in [3.8, 4) is 5.75 Å². The van der Waals surface area contributed by atoms with Crippen LogP contribution in [0.2, 0.25) is 0 Å². The fraction of sp³-hybridized carbons (Fsp3) is 0.400. The van der Waals surface area contributed by atoms with Crippen LogP contribution in [-0.4, -0.2) is 5.54 Å². The number of benzene rings is 1. The molecule has 0 aromatic heterocycles. The fourth-order valence-corrected chi connectivity index (χ4v) is 0.748. The van der Waals surface area contributed by atoms with Gasteiger partial charge in [0.2, 0.25) is 0 Å². The van der Waals surface area contributed by atoms with Crippen LogP contribution in [0.4, 0.5) is 5.69 Å². The molecule has 1 aromatic rings. The average molecular weight is 180 g/mol. The summed E-state index contributed by atoms with van der Waals surface area (Å²) < 4.78 is 0. The minimum atomic E-state index is -0.0542. The third-order valence-corrected chi connectivity index (χ3v) is 1.36. The van der Waals surface area contributed by atoms with Crippen LogP contribution in [0.3, 0.4) is 0 Å². The third kappa shape index (κ3) is 3.80. The Kier molecular flexibility index (Phi) is 2.78. The molecule has 0 atom stereocenters. The van der Waals surface area contributed by atoms with Gasteiger partial charge in [0.05, 0.1) is 0 Å². The highest BCUT2D eigenvalue weighted by molar-refractivity contribution is 5.41. The molecule has 0 amide bonds. The van der Waals surface area contributed by atoms with Crippen LogP contribution < -0.4 is 16.1 Å². The molecule has 0 heterocycles. The Morgan fingerprint density at radius 1 is 1.15 bits per heavy atom. The quantitative estimate of drug-likeness (QED) is 0.540. The molecule has 72 valence electrons. The summed E-state index contributed by atoms with van der Waals surface area (Å²) in [5.74, 6) is 0.768. The molecule has 3 nitrogen and oxygen atoms in total. The Hall–Kier alpha value is -1.22. The van der Waals surface area contributed by atoms with Crippen molar-refractivity contribution < 1.29 is 4.84 Å². The van der Waals surface area contributed by atoms with Crippen molar-refractivity contribution in [1.29, 1.82) is 0 Å². The van der Waals surface area contributed by atoms with E-state index in [4.69, 9.17) is 10.6 Å². The summed E-state index contributed by atoms with van der Waals surface area (Å²) >= 11 is 0. The minimum absolute atomic E-state index is 0.0542. The molecular formula is C10H16N2O. The molecule has 0 unspecified atom stereocenters. The third-order valence-electron chi connectivity index (χ3n) is 1.36. The van der Waals surface area contributed by atoms with E-state index in [-0.39, 0.29) is 5.54 Å². The first kappa shape index (κ1) is 9.86. The number of nitrogens with two attached hydrogens (primary N) is 1. The Bertz CT molecular complexity index is 261. The molecule has 1 rings (SSSR count). The molecule has 0 aliphatic carbocycles. The number of nitrogens with one attached hydrogen (secondary N) is 1. The van der Waals surface area contributed by atoms with Crippen molar-refractivity contribution in [2.24, 2.45) is 0 Å². The smallest absolute Gasteiger partial charge is 0.147 e. The molecule has 0 spiro atoms. The number of hydroxylamine groups is 1. The largest absolute Gasteiger partial charge is 0.408 e. The summed E-state index contributed by atoms with van der Waals surface area (Å²) in [5.41, 5.74) is 9.13. The van der Waals surface area contributed by atoms with Crippen molar-refractivity contribution in [3.05, 3.63) is 24.3 Å². The van der Waals surface area contributed by atoms with Crippen LogP contribution in [0.15, 0.2) is 24.3 Å². The van der Waals surface area contributed by atoms with E-state index in [0.29, 0.717) is 0 Å². The van der Waals surface area contributed by atoms with Gasteiger partial charge in [-0.3, -0.25) is 0 Å². The van der Waals surface area contributed by atoms with E-state index < -0.39 is 0 Å². The van der Waals surface area contributed by atoms with Crippen LogP contribution in [0.25, 0.3) is 0 Å². The lowest BCUT2D eigenvalue weighted by Crippen LogP contribution is -2.38. The maximum absolute atomic E-state index is 5.53. The zero-order valence-electron chi connectivity index (χ0n) is 8.29. The Morgan fingerprint density at radius 2 is 1.69 bits per heavy atom. The summed E-state index contributed by atoms with van der Waals surface area (Å²) in [5, 5.41) is 0. The Labute approximate surface area is 78.8 Å². The number of anilines is 1. The predicted octanol–water partition coefficient (Wildman–Crippen LogP) is 1.95. The van der Waals surface area contributed by atoms with E-state index in [1.54, 1.807) is 12.1 Å². The second-order valence-corrected chi connectivity index (χ2v) is 4.02.